The fraction of sp³-hybridized carbons (Fsp3) is 0. The molecule has 23 rings (SSSR count). The van der Waals surface area contributed by atoms with Crippen LogP contribution in [-0.2, 0) is 0 Å². The molecule has 136 heavy (non-hydrogen) atoms. The highest BCUT2D eigenvalue weighted by molar-refractivity contribution is 6.27. The molecule has 0 aliphatic carbocycles. The summed E-state index contributed by atoms with van der Waals surface area (Å²) < 4.78 is 113. The van der Waals surface area contributed by atoms with E-state index in [1.54, 1.807) is 42.5 Å². The van der Waals surface area contributed by atoms with Gasteiger partial charge in [-0.3, -0.25) is 15.0 Å². The number of aromatic nitrogens is 9. The predicted molar refractivity (Wildman–Crippen MR) is 522 cm³/mol. The molecule has 0 radical (unpaired) electrons. The Labute approximate surface area is 769 Å². The second kappa shape index (κ2) is 35.2. The van der Waals surface area contributed by atoms with Crippen LogP contribution in [0, 0.1) is 72.8 Å². The van der Waals surface area contributed by atoms with Gasteiger partial charge in [-0.2, -0.15) is 0 Å². The molecule has 21 heteroatoms. The fourth-order valence-electron chi connectivity index (χ4n) is 17.4. The molecule has 0 saturated carbocycles. The van der Waals surface area contributed by atoms with Crippen LogP contribution >= 0.6 is 0 Å². The van der Waals surface area contributed by atoms with Crippen molar-refractivity contribution in [2.45, 2.75) is 0 Å². The monoisotopic (exact) mass is 1770 g/mol. The van der Waals surface area contributed by atoms with Crippen molar-refractivity contribution in [2.24, 2.45) is 0 Å². The maximum Gasteiger partial charge on any atom is 0.215 e. The smallest absolute Gasteiger partial charge is 0.215 e. The number of nitrogens with zero attached hydrogens (tertiary/aromatic N) is 13. The van der Waals surface area contributed by atoms with Gasteiger partial charge in [0.25, 0.3) is 0 Å². The van der Waals surface area contributed by atoms with Crippen LogP contribution in [0.25, 0.3) is 241 Å². The Balaban J connectivity index is 0.000000123. The summed E-state index contributed by atoms with van der Waals surface area (Å²) in [6.45, 7) is 31.7. The van der Waals surface area contributed by atoms with Crippen LogP contribution in [-0.4, -0.2) is 44.9 Å². The Morgan fingerprint density at radius 2 is 0.412 bits per heavy atom. The summed E-state index contributed by atoms with van der Waals surface area (Å²) in [5.74, 6) is -14.1. The van der Waals surface area contributed by atoms with Gasteiger partial charge in [-0.15, -0.1) is 0 Å². The van der Waals surface area contributed by atoms with E-state index in [-0.39, 0.29) is 16.8 Å². The van der Waals surface area contributed by atoms with E-state index in [0.29, 0.717) is 112 Å². The summed E-state index contributed by atoms with van der Waals surface area (Å²) in [7, 11) is 0. The first-order chi connectivity index (χ1) is 66.6. The van der Waals surface area contributed by atoms with Gasteiger partial charge in [0.05, 0.1) is 133 Å². The lowest BCUT2D eigenvalue weighted by Crippen LogP contribution is -2.04. The van der Waals surface area contributed by atoms with Crippen LogP contribution in [0.4, 0.5) is 57.9 Å². The number of halogens is 8. The van der Waals surface area contributed by atoms with E-state index in [2.05, 4.69) is 19.4 Å². The lowest BCUT2D eigenvalue weighted by Gasteiger charge is -2.16. The topological polar surface area (TPSA) is 133 Å². The molecular weight excluding hydrogens is 1720 g/mol. The van der Waals surface area contributed by atoms with Gasteiger partial charge in [-0.25, -0.2) is 84.4 Å². The van der Waals surface area contributed by atoms with Crippen molar-refractivity contribution in [3.63, 3.8) is 0 Å². The molecule has 0 aliphatic rings. The molecule has 0 aliphatic heterocycles. The van der Waals surface area contributed by atoms with Crippen LogP contribution in [0.15, 0.2) is 358 Å². The van der Waals surface area contributed by atoms with Crippen LogP contribution in [0.1, 0.15) is 0 Å². The van der Waals surface area contributed by atoms with Crippen molar-refractivity contribution in [3.8, 4) is 124 Å². The minimum Gasteiger partial charge on any atom is -0.255 e. The minimum atomic E-state index is -2.22. The third-order valence-corrected chi connectivity index (χ3v) is 23.8. The van der Waals surface area contributed by atoms with Crippen LogP contribution in [0.2, 0.25) is 0 Å². The number of fused-ring (bicyclic) bond motifs is 15. The summed E-state index contributed by atoms with van der Waals surface area (Å²) in [6.07, 6.45) is 0. The highest BCUT2D eigenvalue weighted by atomic mass is 19.2. The molecular formula is C115H59F8N13. The molecule has 0 saturated heterocycles. The minimum absolute atomic E-state index is 0.208. The maximum atomic E-state index is 14.6. The zero-order valence-corrected chi connectivity index (χ0v) is 70.9. The molecule has 6 aromatic heterocycles. The molecule has 0 fully saturated rings. The van der Waals surface area contributed by atoms with Gasteiger partial charge in [-0.05, 0) is 70.8 Å². The van der Waals surface area contributed by atoms with E-state index >= 15 is 0 Å². The van der Waals surface area contributed by atoms with Crippen molar-refractivity contribution in [3.05, 3.63) is 450 Å². The standard InChI is InChI=1S/C40H19F5N4.C40H21F3N4.C35H19N5/c1-46-28-20-26-30(40-39(28)48-37(22-10-4-2-5-11-22)38(49-40)23-12-6-3-7-13-23)25-14-8-9-15-27(25)47-36(26)24-18-16-21(17-19-24)29-31(41)33(43)35(45)34(44)32(29)42;1-44-33-22-29-34(40-39(33)46-37(24-10-4-2-5-11-24)38(47-40)25-12-6-3-7-13-25)28-14-8-9-15-32(28)45-36(29)26-18-16-23(17-19-26)27-20-30(41)35(43)31(42)21-27;1-36-25-19-17-24(18-20-25)31-27-21-29(37-2)34-35(30(27)26-15-9-10-16-28(26)38-31)40-33(23-13-7-4-8-14-23)32(39-34)22-11-5-3-6-12-22/h2-20H;2-22H;3-21H. The molecule has 640 valence electrons. The van der Waals surface area contributed by atoms with Gasteiger partial charge >= 0.3 is 0 Å². The quantitative estimate of drug-likeness (QED) is 0.0408. The largest absolute Gasteiger partial charge is 0.255 e. The normalized spacial score (nSPS) is 11.2. The molecule has 13 nitrogen and oxygen atoms in total. The number of rotatable bonds is 11. The molecule has 0 atom stereocenters. The van der Waals surface area contributed by atoms with E-state index in [1.807, 2.05) is 279 Å². The lowest BCUT2D eigenvalue weighted by molar-refractivity contribution is 0.381. The number of para-hydroxylation sites is 3. The molecule has 23 aromatic rings. The first kappa shape index (κ1) is 84.0. The van der Waals surface area contributed by atoms with E-state index in [4.69, 9.17) is 71.1 Å². The lowest BCUT2D eigenvalue weighted by atomic mass is 9.95. The summed E-state index contributed by atoms with van der Waals surface area (Å²) >= 11 is 0. The van der Waals surface area contributed by atoms with Crippen molar-refractivity contribution in [2.75, 3.05) is 0 Å². The highest BCUT2D eigenvalue weighted by Gasteiger charge is 2.30. The van der Waals surface area contributed by atoms with Crippen molar-refractivity contribution in [1.29, 1.82) is 0 Å². The van der Waals surface area contributed by atoms with E-state index in [0.717, 1.165) is 122 Å². The number of pyridine rings is 3. The number of hydrogen-bond donors (Lipinski definition) is 0. The summed E-state index contributed by atoms with van der Waals surface area (Å²) in [5, 5.41) is 7.09. The van der Waals surface area contributed by atoms with Crippen LogP contribution < -0.4 is 0 Å². The summed E-state index contributed by atoms with van der Waals surface area (Å²) in [5.41, 5.74) is 19.7. The average molecular weight is 1770 g/mol. The van der Waals surface area contributed by atoms with E-state index in [1.165, 1.54) is 24.3 Å². The third-order valence-electron chi connectivity index (χ3n) is 23.8. The SMILES string of the molecule is [C-]#[N+]c1cc2c(-c3ccc(-c4c(F)c(F)c(F)c(F)c4F)cc3)nc3ccccc3c2c2nc(-c3ccccc3)c(-c3ccccc3)nc12.[C-]#[N+]c1cc2c(-c3ccc(-c4cc(F)c(F)c(F)c4)cc3)nc3ccccc3c2c2nc(-c3ccccc3)c(-c3ccccc3)nc12.[C-]#[N+]c1ccc(-c2nc3ccccc3c3c2cc([N+]#[C-])c2nc(-c4ccccc4)c(-c4ccccc4)nc23)cc1. The molecule has 0 bridgehead atoms. The Kier molecular flexibility index (Phi) is 21.8. The predicted octanol–water partition coefficient (Wildman–Crippen LogP) is 31.6. The summed E-state index contributed by atoms with van der Waals surface area (Å²) in [4.78, 5) is 61.3. The molecule has 0 spiro atoms. The van der Waals surface area contributed by atoms with E-state index < -0.39 is 52.1 Å². The van der Waals surface area contributed by atoms with Crippen molar-refractivity contribution < 1.29 is 35.1 Å². The van der Waals surface area contributed by atoms with Gasteiger partial charge < -0.3 is 0 Å². The average Bonchev–Trinajstić information content (AvgIpc) is 0.728. The van der Waals surface area contributed by atoms with Crippen LogP contribution in [0.5, 0.6) is 0 Å². The van der Waals surface area contributed by atoms with Crippen molar-refractivity contribution in [1.82, 2.24) is 44.9 Å². The fourth-order valence-corrected chi connectivity index (χ4v) is 17.4. The van der Waals surface area contributed by atoms with Crippen LogP contribution in [0.3, 0.4) is 0 Å². The van der Waals surface area contributed by atoms with Gasteiger partial charge in [0.15, 0.2) is 46.4 Å². The maximum absolute atomic E-state index is 14.6. The highest BCUT2D eigenvalue weighted by Crippen LogP contribution is 2.49. The van der Waals surface area contributed by atoms with Gasteiger partial charge in [-0.1, -0.05) is 309 Å². The first-order valence-corrected chi connectivity index (χ1v) is 42.6. The second-order valence-electron chi connectivity index (χ2n) is 31.8. The first-order valence-electron chi connectivity index (χ1n) is 42.6. The molecule has 17 aromatic carbocycles. The number of hydrogen-bond acceptors (Lipinski definition) is 9. The Hall–Kier alpha value is -18.8. The summed E-state index contributed by atoms with van der Waals surface area (Å²) in [6, 6.07) is 109. The molecule has 0 N–H and O–H groups in total. The zero-order chi connectivity index (χ0) is 92.9. The van der Waals surface area contributed by atoms with E-state index in [9.17, 15) is 35.1 Å². The van der Waals surface area contributed by atoms with Crippen molar-refractivity contribution >= 4 is 121 Å². The zero-order valence-electron chi connectivity index (χ0n) is 70.9. The second-order valence-corrected chi connectivity index (χ2v) is 31.8. The molecule has 0 unspecified atom stereocenters. The Bertz CT molecular complexity index is 8970. The van der Waals surface area contributed by atoms with Gasteiger partial charge in [0.1, 0.15) is 0 Å². The Morgan fingerprint density at radius 3 is 0.691 bits per heavy atom. The number of benzene rings is 17. The molecule has 6 heterocycles. The van der Waals surface area contributed by atoms with Gasteiger partial charge in [0, 0.05) is 93.0 Å². The van der Waals surface area contributed by atoms with Gasteiger partial charge in [0.2, 0.25) is 22.9 Å². The third kappa shape index (κ3) is 15.0. The molecule has 0 amide bonds. The Morgan fingerprint density at radius 1 is 0.176 bits per heavy atom.